The number of benzene rings is 4. The van der Waals surface area contributed by atoms with Crippen molar-refractivity contribution in [1.82, 2.24) is 0 Å². The van der Waals surface area contributed by atoms with Gasteiger partial charge >= 0.3 is 0 Å². The molecule has 166 valence electrons. The van der Waals surface area contributed by atoms with Crippen LogP contribution in [0.1, 0.15) is 11.1 Å². The smallest absolute Gasteiger partial charge is 0.0630 e. The molecule has 0 aliphatic heterocycles. The number of hydrogen-bond donors (Lipinski definition) is 0. The highest BCUT2D eigenvalue weighted by atomic mass is 33.1. The molecule has 2 nitrogen and oxygen atoms in total. The van der Waals surface area contributed by atoms with Crippen LogP contribution in [0.3, 0.4) is 0 Å². The van der Waals surface area contributed by atoms with Crippen molar-refractivity contribution in [2.75, 3.05) is 0 Å². The summed E-state index contributed by atoms with van der Waals surface area (Å²) in [4.78, 5) is 11.4. The lowest BCUT2D eigenvalue weighted by atomic mass is 10.2. The van der Waals surface area contributed by atoms with Crippen LogP contribution < -0.4 is 0 Å². The van der Waals surface area contributed by atoms with Crippen molar-refractivity contribution in [3.63, 3.8) is 0 Å². The first-order valence-electron chi connectivity index (χ1n) is 10.9. The highest BCUT2D eigenvalue weighted by Crippen LogP contribution is 2.38. The third kappa shape index (κ3) is 8.07. The maximum absolute atomic E-state index is 4.49. The molecule has 0 N–H and O–H groups in total. The quantitative estimate of drug-likeness (QED) is 0.178. The second-order valence-corrected chi connectivity index (χ2v) is 9.53. The monoisotopic (exact) mass is 476 g/mol. The van der Waals surface area contributed by atoms with E-state index in [-0.39, 0.29) is 0 Å². The van der Waals surface area contributed by atoms with Crippen molar-refractivity contribution in [3.05, 3.63) is 132 Å². The molecule has 0 unspecified atom stereocenters. The number of rotatable bonds is 9. The highest BCUT2D eigenvalue weighted by molar-refractivity contribution is 8.76. The van der Waals surface area contributed by atoms with Gasteiger partial charge in [-0.3, -0.25) is 9.98 Å². The molecule has 0 radical (unpaired) electrons. The third-order valence-electron chi connectivity index (χ3n) is 4.70. The average Bonchev–Trinajstić information content (AvgIpc) is 2.90. The molecule has 0 amide bonds. The van der Waals surface area contributed by atoms with E-state index >= 15 is 0 Å². The summed E-state index contributed by atoms with van der Waals surface area (Å²) in [6.45, 7) is 0. The zero-order valence-corrected chi connectivity index (χ0v) is 20.2. The van der Waals surface area contributed by atoms with E-state index in [1.807, 2.05) is 97.4 Å². The van der Waals surface area contributed by atoms with E-state index in [1.54, 1.807) is 21.6 Å². The molecular formula is C30H24N2S2. The first-order chi connectivity index (χ1) is 16.8. The molecule has 0 aliphatic carbocycles. The molecule has 0 saturated carbocycles. The predicted molar refractivity (Wildman–Crippen MR) is 152 cm³/mol. The van der Waals surface area contributed by atoms with E-state index in [0.29, 0.717) is 0 Å². The van der Waals surface area contributed by atoms with Crippen molar-refractivity contribution in [3.8, 4) is 0 Å². The van der Waals surface area contributed by atoms with Crippen LogP contribution in [0.5, 0.6) is 0 Å². The molecule has 0 aromatic heterocycles. The van der Waals surface area contributed by atoms with Crippen LogP contribution in [0.15, 0.2) is 141 Å². The van der Waals surface area contributed by atoms with Gasteiger partial charge in [-0.25, -0.2) is 0 Å². The summed E-state index contributed by atoms with van der Waals surface area (Å²) in [5, 5.41) is 0. The lowest BCUT2D eigenvalue weighted by Gasteiger charge is -2.02. The fourth-order valence-corrected chi connectivity index (χ4v) is 4.90. The van der Waals surface area contributed by atoms with Crippen LogP contribution in [-0.2, 0) is 0 Å². The number of hydrogen-bond acceptors (Lipinski definition) is 4. The Hall–Kier alpha value is -3.60. The van der Waals surface area contributed by atoms with E-state index in [0.717, 1.165) is 22.5 Å². The normalized spacial score (nSPS) is 11.9. The Morgan fingerprint density at radius 3 is 1.21 bits per heavy atom. The Morgan fingerprint density at radius 2 is 0.824 bits per heavy atom. The Kier molecular flexibility index (Phi) is 9.14. The minimum atomic E-state index is 0.940. The number of aliphatic imine (C=N–C) groups is 2. The van der Waals surface area contributed by atoms with Gasteiger partial charge in [0.15, 0.2) is 0 Å². The van der Waals surface area contributed by atoms with Gasteiger partial charge in [0.05, 0.1) is 11.4 Å². The van der Waals surface area contributed by atoms with E-state index < -0.39 is 0 Å². The van der Waals surface area contributed by atoms with Gasteiger partial charge in [0.1, 0.15) is 0 Å². The van der Waals surface area contributed by atoms with Gasteiger partial charge in [0.25, 0.3) is 0 Å². The summed E-state index contributed by atoms with van der Waals surface area (Å²) < 4.78 is 0. The van der Waals surface area contributed by atoms with E-state index in [4.69, 9.17) is 0 Å². The lowest BCUT2D eigenvalue weighted by Crippen LogP contribution is -1.73. The van der Waals surface area contributed by atoms with Crippen molar-refractivity contribution < 1.29 is 0 Å². The number of nitrogens with zero attached hydrogens (tertiary/aromatic N) is 2. The van der Waals surface area contributed by atoms with Crippen LogP contribution in [0.4, 0.5) is 11.4 Å². The molecule has 0 saturated heterocycles. The minimum absolute atomic E-state index is 0.940. The summed E-state index contributed by atoms with van der Waals surface area (Å²) in [5.74, 6) is 0. The molecule has 0 aliphatic rings. The summed E-state index contributed by atoms with van der Waals surface area (Å²) in [7, 11) is 3.47. The summed E-state index contributed by atoms with van der Waals surface area (Å²) >= 11 is 0. The molecule has 4 aromatic carbocycles. The van der Waals surface area contributed by atoms with Crippen LogP contribution in [0.2, 0.25) is 0 Å². The first kappa shape index (κ1) is 23.6. The van der Waals surface area contributed by atoms with Gasteiger partial charge in [-0.05, 0) is 71.8 Å². The van der Waals surface area contributed by atoms with Crippen molar-refractivity contribution in [2.24, 2.45) is 9.98 Å². The van der Waals surface area contributed by atoms with Crippen LogP contribution >= 0.6 is 21.6 Å². The van der Waals surface area contributed by atoms with E-state index in [1.165, 1.54) is 9.79 Å². The highest BCUT2D eigenvalue weighted by Gasteiger charge is 1.99. The Labute approximate surface area is 209 Å². The van der Waals surface area contributed by atoms with Gasteiger partial charge in [0.2, 0.25) is 0 Å². The van der Waals surface area contributed by atoms with Gasteiger partial charge in [-0.15, -0.1) is 0 Å². The average molecular weight is 477 g/mol. The molecule has 0 atom stereocenters. The number of allylic oxidation sites excluding steroid dienone is 2. The SMILES string of the molecule is C(/C=C/c1ccccc1)=Nc1ccc(SSc2ccc(N=C/C=C/c3ccccc3)cc2)cc1. The molecule has 0 spiro atoms. The van der Waals surface area contributed by atoms with Crippen molar-refractivity contribution in [1.29, 1.82) is 0 Å². The molecule has 0 heterocycles. The van der Waals surface area contributed by atoms with Gasteiger partial charge < -0.3 is 0 Å². The molecule has 0 fully saturated rings. The summed E-state index contributed by atoms with van der Waals surface area (Å²) in [6, 6.07) is 37.0. The molecular weight excluding hydrogens is 452 g/mol. The summed E-state index contributed by atoms with van der Waals surface area (Å²) in [5.41, 5.74) is 4.21. The zero-order chi connectivity index (χ0) is 23.3. The standard InChI is InChI=1S/C30H24N2S2/c1-3-9-25(10-4-1)13-7-23-31-27-15-19-29(20-16-27)33-34-30-21-17-28(18-22-30)32-24-8-14-26-11-5-2-6-12-26/h1-24H/b13-7+,14-8+,31-23?,32-24?. The second-order valence-electron chi connectivity index (χ2n) is 7.25. The molecule has 4 heteroatoms. The van der Waals surface area contributed by atoms with E-state index in [2.05, 4.69) is 58.5 Å². The van der Waals surface area contributed by atoms with Crippen LogP contribution in [0.25, 0.3) is 12.2 Å². The lowest BCUT2D eigenvalue weighted by molar-refractivity contribution is 1.43. The van der Waals surface area contributed by atoms with Crippen LogP contribution in [-0.4, -0.2) is 12.4 Å². The van der Waals surface area contributed by atoms with Gasteiger partial charge in [-0.1, -0.05) is 94.4 Å². The van der Waals surface area contributed by atoms with Crippen LogP contribution in [0, 0.1) is 0 Å². The van der Waals surface area contributed by atoms with E-state index in [9.17, 15) is 0 Å². The second kappa shape index (κ2) is 13.2. The summed E-state index contributed by atoms with van der Waals surface area (Å²) in [6.07, 6.45) is 11.7. The van der Waals surface area contributed by atoms with Crippen molar-refractivity contribution in [2.45, 2.75) is 9.79 Å². The maximum atomic E-state index is 4.49. The predicted octanol–water partition coefficient (Wildman–Crippen LogP) is 9.32. The van der Waals surface area contributed by atoms with Gasteiger partial charge in [-0.2, -0.15) is 0 Å². The molecule has 4 aromatic rings. The maximum Gasteiger partial charge on any atom is 0.0630 e. The molecule has 34 heavy (non-hydrogen) atoms. The van der Waals surface area contributed by atoms with Gasteiger partial charge in [0, 0.05) is 22.2 Å². The minimum Gasteiger partial charge on any atom is -0.257 e. The molecule has 0 bridgehead atoms. The largest absolute Gasteiger partial charge is 0.257 e. The third-order valence-corrected chi connectivity index (χ3v) is 7.12. The molecule has 4 rings (SSSR count). The Morgan fingerprint density at radius 1 is 0.441 bits per heavy atom. The Bertz CT molecular complexity index is 1160. The fraction of sp³-hybridized carbons (Fsp3) is 0. The fourth-order valence-electron chi connectivity index (χ4n) is 2.97. The Balaban J connectivity index is 1.23. The first-order valence-corrected chi connectivity index (χ1v) is 13.1. The van der Waals surface area contributed by atoms with Crippen molar-refractivity contribution >= 4 is 57.5 Å². The topological polar surface area (TPSA) is 24.7 Å². The zero-order valence-electron chi connectivity index (χ0n) is 18.6.